The molecule has 0 radical (unpaired) electrons. The number of hydrogen-bond donors (Lipinski definition) is 1. The Morgan fingerprint density at radius 3 is 2.07 bits per heavy atom. The zero-order valence-electron chi connectivity index (χ0n) is 25.0. The minimum atomic E-state index is -4.26. The molecule has 0 aromatic heterocycles. The van der Waals surface area contributed by atoms with E-state index in [9.17, 15) is 18.0 Å². The molecule has 11 heteroatoms. The normalized spacial score (nSPS) is 14.1. The summed E-state index contributed by atoms with van der Waals surface area (Å²) in [5, 5.41) is 3.61. The molecule has 240 valence electrons. The van der Waals surface area contributed by atoms with E-state index in [0.717, 1.165) is 45.6 Å². The van der Waals surface area contributed by atoms with Gasteiger partial charge in [0.1, 0.15) is 12.6 Å². The summed E-state index contributed by atoms with van der Waals surface area (Å²) in [6.45, 7) is -0.521. The van der Waals surface area contributed by atoms with E-state index < -0.39 is 28.5 Å². The van der Waals surface area contributed by atoms with Crippen molar-refractivity contribution >= 4 is 66.7 Å². The molecule has 1 N–H and O–H groups in total. The molecule has 0 bridgehead atoms. The second-order valence-electron chi connectivity index (χ2n) is 11.3. The van der Waals surface area contributed by atoms with Crippen molar-refractivity contribution in [2.75, 3.05) is 10.8 Å². The van der Waals surface area contributed by atoms with E-state index >= 15 is 0 Å². The molecule has 1 atom stereocenters. The fourth-order valence-electron chi connectivity index (χ4n) is 5.69. The maximum Gasteiger partial charge on any atom is 0.264 e. The highest BCUT2D eigenvalue weighted by molar-refractivity contribution is 9.10. The predicted octanol–water partition coefficient (Wildman–Crippen LogP) is 7.65. The van der Waals surface area contributed by atoms with Crippen molar-refractivity contribution in [1.29, 1.82) is 0 Å². The SMILES string of the molecule is O=C(NC1CCCC1)C(Cc1ccccc1)N(Cc1cccc(Br)c1)C(=O)CN(c1cc(Cl)cc(Cl)c1)S(=O)(=O)c1ccccc1. The van der Waals surface area contributed by atoms with E-state index in [1.807, 2.05) is 54.6 Å². The molecule has 4 aromatic rings. The second kappa shape index (κ2) is 15.5. The van der Waals surface area contributed by atoms with Crippen LogP contribution < -0.4 is 9.62 Å². The van der Waals surface area contributed by atoms with Gasteiger partial charge in [-0.15, -0.1) is 0 Å². The molecule has 46 heavy (non-hydrogen) atoms. The number of anilines is 1. The van der Waals surface area contributed by atoms with Crippen molar-refractivity contribution in [1.82, 2.24) is 10.2 Å². The van der Waals surface area contributed by atoms with Crippen LogP contribution in [0.3, 0.4) is 0 Å². The average Bonchev–Trinajstić information content (AvgIpc) is 3.55. The minimum Gasteiger partial charge on any atom is -0.352 e. The lowest BCUT2D eigenvalue weighted by Gasteiger charge is -2.34. The Morgan fingerprint density at radius 1 is 0.826 bits per heavy atom. The third-order valence-electron chi connectivity index (χ3n) is 7.96. The van der Waals surface area contributed by atoms with Gasteiger partial charge >= 0.3 is 0 Å². The number of rotatable bonds is 12. The van der Waals surface area contributed by atoms with Gasteiger partial charge in [0, 0.05) is 33.5 Å². The van der Waals surface area contributed by atoms with Crippen LogP contribution in [0.1, 0.15) is 36.8 Å². The number of nitrogens with zero attached hydrogens (tertiary/aromatic N) is 2. The number of nitrogens with one attached hydrogen (secondary N) is 1. The maximum absolute atomic E-state index is 14.6. The Kier molecular flexibility index (Phi) is 11.4. The average molecular weight is 744 g/mol. The van der Waals surface area contributed by atoms with Gasteiger partial charge in [0.2, 0.25) is 11.8 Å². The summed E-state index contributed by atoms with van der Waals surface area (Å²) in [6, 6.07) is 28.3. The number of halogens is 3. The number of carbonyl (C=O) groups excluding carboxylic acids is 2. The standard InChI is InChI=1S/C35H34BrCl2N3O4S/c36-27-13-9-12-26(18-27)23-40(33(19-25-10-3-1-4-11-25)35(43)39-30-14-7-8-15-30)34(42)24-41(31-21-28(37)20-29(38)22-31)46(44,45)32-16-5-2-6-17-32/h1-6,9-13,16-18,20-22,30,33H,7-8,14-15,19,23-24H2,(H,39,43). The zero-order valence-corrected chi connectivity index (χ0v) is 28.9. The Labute approximate surface area is 288 Å². The minimum absolute atomic E-state index is 0.00255. The van der Waals surface area contributed by atoms with Crippen LogP contribution in [0.4, 0.5) is 5.69 Å². The fourth-order valence-corrected chi connectivity index (χ4v) is 8.07. The molecular formula is C35H34BrCl2N3O4S. The van der Waals surface area contributed by atoms with E-state index in [0.29, 0.717) is 0 Å². The van der Waals surface area contributed by atoms with Crippen molar-refractivity contribution in [2.24, 2.45) is 0 Å². The molecule has 1 unspecified atom stereocenters. The summed E-state index contributed by atoms with van der Waals surface area (Å²) >= 11 is 16.1. The third-order valence-corrected chi connectivity index (χ3v) is 10.7. The predicted molar refractivity (Wildman–Crippen MR) is 186 cm³/mol. The first-order chi connectivity index (χ1) is 22.1. The summed E-state index contributed by atoms with van der Waals surface area (Å²) < 4.78 is 30.1. The number of hydrogen-bond acceptors (Lipinski definition) is 4. The monoisotopic (exact) mass is 741 g/mol. The third kappa shape index (κ3) is 8.70. The van der Waals surface area contributed by atoms with Gasteiger partial charge in [0.25, 0.3) is 10.0 Å². The zero-order chi connectivity index (χ0) is 32.7. The molecule has 4 aromatic carbocycles. The number of carbonyl (C=O) groups is 2. The lowest BCUT2D eigenvalue weighted by atomic mass is 10.0. The highest BCUT2D eigenvalue weighted by Gasteiger charge is 2.35. The van der Waals surface area contributed by atoms with E-state index in [-0.39, 0.29) is 45.5 Å². The summed E-state index contributed by atoms with van der Waals surface area (Å²) in [5.41, 5.74) is 1.78. The molecule has 1 fully saturated rings. The van der Waals surface area contributed by atoms with E-state index in [4.69, 9.17) is 23.2 Å². The largest absolute Gasteiger partial charge is 0.352 e. The molecule has 1 saturated carbocycles. The van der Waals surface area contributed by atoms with Crippen LogP contribution in [-0.4, -0.2) is 43.8 Å². The first kappa shape index (κ1) is 34.0. The van der Waals surface area contributed by atoms with Crippen molar-refractivity contribution in [3.63, 3.8) is 0 Å². The summed E-state index contributed by atoms with van der Waals surface area (Å²) in [5.74, 6) is -0.833. The highest BCUT2D eigenvalue weighted by Crippen LogP contribution is 2.30. The lowest BCUT2D eigenvalue weighted by Crippen LogP contribution is -2.54. The Bertz CT molecular complexity index is 1750. The first-order valence-corrected chi connectivity index (χ1v) is 18.0. The summed E-state index contributed by atoms with van der Waals surface area (Å²) in [6.07, 6.45) is 4.06. The molecule has 5 rings (SSSR count). The van der Waals surface area contributed by atoms with Gasteiger partial charge in [-0.2, -0.15) is 0 Å². The van der Waals surface area contributed by atoms with Gasteiger partial charge < -0.3 is 10.2 Å². The molecule has 7 nitrogen and oxygen atoms in total. The summed E-state index contributed by atoms with van der Waals surface area (Å²) in [4.78, 5) is 30.2. The molecule has 2 amide bonds. The Hall–Kier alpha value is -3.37. The smallest absolute Gasteiger partial charge is 0.264 e. The number of benzene rings is 4. The molecule has 1 aliphatic rings. The molecule has 1 aliphatic carbocycles. The van der Waals surface area contributed by atoms with Gasteiger partial charge in [0.05, 0.1) is 10.6 Å². The maximum atomic E-state index is 14.6. The highest BCUT2D eigenvalue weighted by atomic mass is 79.9. The first-order valence-electron chi connectivity index (χ1n) is 15.0. The number of sulfonamides is 1. The lowest BCUT2D eigenvalue weighted by molar-refractivity contribution is -0.140. The van der Waals surface area contributed by atoms with Crippen LogP contribution in [-0.2, 0) is 32.6 Å². The molecule has 0 aliphatic heterocycles. The van der Waals surface area contributed by atoms with Crippen molar-refractivity contribution in [2.45, 2.75) is 55.6 Å². The molecule has 0 saturated heterocycles. The van der Waals surface area contributed by atoms with Gasteiger partial charge in [-0.1, -0.05) is 113 Å². The van der Waals surface area contributed by atoms with E-state index in [1.165, 1.54) is 35.2 Å². The van der Waals surface area contributed by atoms with Crippen molar-refractivity contribution < 1.29 is 18.0 Å². The number of amides is 2. The van der Waals surface area contributed by atoms with Gasteiger partial charge in [-0.25, -0.2) is 8.42 Å². The topological polar surface area (TPSA) is 86.8 Å². The fraction of sp³-hybridized carbons (Fsp3) is 0.257. The van der Waals surface area contributed by atoms with Gasteiger partial charge in [-0.3, -0.25) is 13.9 Å². The van der Waals surface area contributed by atoms with Crippen LogP contribution in [0.5, 0.6) is 0 Å². The van der Waals surface area contributed by atoms with Crippen LogP contribution >= 0.6 is 39.1 Å². The summed E-state index contributed by atoms with van der Waals surface area (Å²) in [7, 11) is -4.26. The molecule has 0 heterocycles. The van der Waals surface area contributed by atoms with E-state index in [1.54, 1.807) is 18.2 Å². The van der Waals surface area contributed by atoms with Crippen LogP contribution in [0.25, 0.3) is 0 Å². The molecular weight excluding hydrogens is 709 g/mol. The van der Waals surface area contributed by atoms with Crippen molar-refractivity contribution in [3.05, 3.63) is 129 Å². The Balaban J connectivity index is 1.58. The van der Waals surface area contributed by atoms with Crippen LogP contribution in [0.15, 0.2) is 112 Å². The van der Waals surface area contributed by atoms with Gasteiger partial charge in [0.15, 0.2) is 0 Å². The van der Waals surface area contributed by atoms with Crippen molar-refractivity contribution in [3.8, 4) is 0 Å². The molecule has 0 spiro atoms. The Morgan fingerprint density at radius 2 is 1.43 bits per heavy atom. The van der Waals surface area contributed by atoms with E-state index in [2.05, 4.69) is 21.2 Å². The van der Waals surface area contributed by atoms with Gasteiger partial charge in [-0.05, 0) is 66.4 Å². The van der Waals surface area contributed by atoms with Crippen LogP contribution in [0.2, 0.25) is 10.0 Å². The quantitative estimate of drug-likeness (QED) is 0.162. The van der Waals surface area contributed by atoms with Crippen LogP contribution in [0, 0.1) is 0 Å². The second-order valence-corrected chi connectivity index (χ2v) is 15.0.